The van der Waals surface area contributed by atoms with Crippen LogP contribution in [0.1, 0.15) is 0 Å². The van der Waals surface area contributed by atoms with E-state index >= 15 is 0 Å². The minimum Gasteiger partial charge on any atom is -0.854 e. The van der Waals surface area contributed by atoms with Crippen LogP contribution in [0.4, 0.5) is 0 Å². The zero-order valence-corrected chi connectivity index (χ0v) is 6.80. The van der Waals surface area contributed by atoms with Gasteiger partial charge < -0.3 is 21.7 Å². The average Bonchev–Trinajstić information content (AvgIpc) is 1.88. The van der Waals surface area contributed by atoms with Crippen molar-refractivity contribution in [2.24, 2.45) is 11.5 Å². The summed E-state index contributed by atoms with van der Waals surface area (Å²) < 4.78 is 0. The largest absolute Gasteiger partial charge is 1.00 e. The summed E-state index contributed by atoms with van der Waals surface area (Å²) in [7, 11) is 0. The van der Waals surface area contributed by atoms with Crippen LogP contribution in [0.5, 0.6) is 0 Å². The van der Waals surface area contributed by atoms with Crippen LogP contribution in [0.2, 0.25) is 0 Å². The summed E-state index contributed by atoms with van der Waals surface area (Å²) in [4.78, 5) is 0. The molecule has 52 valence electrons. The monoisotopic (exact) mass is 134 g/mol. The van der Waals surface area contributed by atoms with Crippen molar-refractivity contribution >= 4 is 0 Å². The molecule has 0 aliphatic rings. The summed E-state index contributed by atoms with van der Waals surface area (Å²) in [5.41, 5.74) is 9.43. The molecule has 0 aromatic carbocycles. The van der Waals surface area contributed by atoms with Gasteiger partial charge in [-0.25, -0.2) is 0 Å². The summed E-state index contributed by atoms with van der Waals surface area (Å²) in [5.74, 6) is 0. The second-order valence-electron chi connectivity index (χ2n) is 0.986. The predicted octanol–water partition coefficient (Wildman–Crippen LogP) is -9.38. The zero-order valence-electron chi connectivity index (χ0n) is 6.80. The summed E-state index contributed by atoms with van der Waals surface area (Å²) >= 11 is 0. The van der Waals surface area contributed by atoms with Crippen molar-refractivity contribution in [3.63, 3.8) is 0 Å². The maximum atomic E-state index is 9.17. The van der Waals surface area contributed by atoms with Crippen LogP contribution in [-0.4, -0.2) is 26.3 Å². The van der Waals surface area contributed by atoms with Gasteiger partial charge in [0.2, 0.25) is 0 Å². The molecule has 0 spiro atoms. The van der Waals surface area contributed by atoms with Crippen molar-refractivity contribution in [2.45, 2.75) is 0 Å². The molecule has 4 nitrogen and oxygen atoms in total. The van der Waals surface area contributed by atoms with Gasteiger partial charge in [-0.2, -0.15) is 0 Å². The van der Waals surface area contributed by atoms with E-state index in [1.807, 2.05) is 0 Å². The van der Waals surface area contributed by atoms with Gasteiger partial charge in [0.25, 0.3) is 0 Å². The molecule has 0 aliphatic carbocycles. The van der Waals surface area contributed by atoms with E-state index in [1.54, 1.807) is 0 Å². The third kappa shape index (κ3) is 63.3. The van der Waals surface area contributed by atoms with Gasteiger partial charge in [0.15, 0.2) is 0 Å². The Morgan fingerprint density at radius 2 is 0.900 bits per heavy atom. The van der Waals surface area contributed by atoms with Gasteiger partial charge in [-0.05, 0) is 13.1 Å². The van der Waals surface area contributed by atoms with Crippen LogP contribution in [-0.2, 0) is 0 Å². The fraction of sp³-hybridized carbons (Fsp3) is 1.00. The second kappa shape index (κ2) is 32.3. The summed E-state index contributed by atoms with van der Waals surface area (Å²) in [6.45, 7) is 0.222. The molecule has 6 heteroatoms. The molecule has 0 radical (unpaired) electrons. The Balaban J connectivity index is -0.0000000300. The summed E-state index contributed by atoms with van der Waals surface area (Å²) in [6.07, 6.45) is 0. The Bertz CT molecular complexity index is 27.2. The molecule has 0 atom stereocenters. The third-order valence-corrected chi connectivity index (χ3v) is 0.236. The van der Waals surface area contributed by atoms with E-state index in [9.17, 15) is 10.2 Å². The Kier molecular flexibility index (Phi) is 72.6. The maximum Gasteiger partial charge on any atom is 1.00 e. The molecule has 0 aliphatic heterocycles. The first kappa shape index (κ1) is 22.5. The topological polar surface area (TPSA) is 98.2 Å². The van der Waals surface area contributed by atoms with Gasteiger partial charge >= 0.3 is 37.7 Å². The average molecular weight is 134 g/mol. The fourth-order valence-electron chi connectivity index (χ4n) is 0. The first-order valence-corrected chi connectivity index (χ1v) is 2.39. The smallest absolute Gasteiger partial charge is 0.854 e. The Labute approximate surface area is 85.7 Å². The third-order valence-electron chi connectivity index (χ3n) is 0.236. The minimum absolute atomic E-state index is 0. The Morgan fingerprint density at radius 1 is 0.800 bits per heavy atom. The minimum atomic E-state index is -0.153. The second-order valence-corrected chi connectivity index (χ2v) is 0.986. The van der Waals surface area contributed by atoms with Crippen LogP contribution < -0.4 is 59.4 Å². The van der Waals surface area contributed by atoms with E-state index in [0.29, 0.717) is 0 Å². The van der Waals surface area contributed by atoms with E-state index in [1.165, 1.54) is 0 Å². The first-order valence-electron chi connectivity index (χ1n) is 2.39. The van der Waals surface area contributed by atoms with Crippen LogP contribution in [0.25, 0.3) is 0 Å². The fourth-order valence-corrected chi connectivity index (χ4v) is 0. The normalized spacial score (nSPS) is 6.00. The number of nitrogens with two attached hydrogens (primary N) is 2. The van der Waals surface area contributed by atoms with Crippen molar-refractivity contribution in [3.8, 4) is 0 Å². The van der Waals surface area contributed by atoms with Crippen LogP contribution in [0, 0.1) is 0 Å². The van der Waals surface area contributed by atoms with Crippen molar-refractivity contribution in [3.05, 3.63) is 0 Å². The molecule has 0 bridgehead atoms. The number of hydrogen-bond donors (Lipinski definition) is 2. The van der Waals surface area contributed by atoms with Gasteiger partial charge in [0, 0.05) is 0 Å². The molecule has 0 aromatic heterocycles. The molecule has 0 unspecified atom stereocenters. The van der Waals surface area contributed by atoms with E-state index in [2.05, 4.69) is 0 Å². The Morgan fingerprint density at radius 3 is 0.900 bits per heavy atom. The maximum absolute atomic E-state index is 9.17. The molecule has 0 saturated heterocycles. The van der Waals surface area contributed by atoms with Gasteiger partial charge in [-0.15, -0.1) is 13.2 Å². The molecule has 0 heterocycles. The molecule has 0 rings (SSSR count). The van der Waals surface area contributed by atoms with Crippen molar-refractivity contribution in [1.29, 1.82) is 0 Å². The summed E-state index contributed by atoms with van der Waals surface area (Å²) in [5, 5.41) is 18.3. The Hall–Kier alpha value is 1.03. The standard InChI is InChI=1S/2C2H6NO.2Li/c2*3-1-2-4;;/h2*1-3H2;;/q2*-1;2*+1. The van der Waals surface area contributed by atoms with E-state index in [0.717, 1.165) is 0 Å². The molecule has 0 fully saturated rings. The van der Waals surface area contributed by atoms with Gasteiger partial charge in [0.05, 0.1) is 0 Å². The molecule has 0 amide bonds. The van der Waals surface area contributed by atoms with Gasteiger partial charge in [0.1, 0.15) is 0 Å². The molecular formula is C4H12Li2N2O2. The quantitative estimate of drug-likeness (QED) is 0.366. The van der Waals surface area contributed by atoms with Crippen LogP contribution >= 0.6 is 0 Å². The molecule has 4 N–H and O–H groups in total. The summed E-state index contributed by atoms with van der Waals surface area (Å²) in [6, 6.07) is 0. The zero-order chi connectivity index (χ0) is 6.83. The van der Waals surface area contributed by atoms with Gasteiger partial charge in [-0.3, -0.25) is 0 Å². The van der Waals surface area contributed by atoms with Crippen molar-refractivity contribution in [2.75, 3.05) is 26.3 Å². The van der Waals surface area contributed by atoms with Crippen LogP contribution in [0.15, 0.2) is 0 Å². The van der Waals surface area contributed by atoms with E-state index < -0.39 is 0 Å². The first-order chi connectivity index (χ1) is 3.83. The predicted molar refractivity (Wildman–Crippen MR) is 27.8 cm³/mol. The van der Waals surface area contributed by atoms with Crippen molar-refractivity contribution in [1.82, 2.24) is 0 Å². The van der Waals surface area contributed by atoms with E-state index in [-0.39, 0.29) is 64.0 Å². The van der Waals surface area contributed by atoms with Gasteiger partial charge in [-0.1, -0.05) is 0 Å². The molecule has 10 heavy (non-hydrogen) atoms. The number of rotatable bonds is 2. The van der Waals surface area contributed by atoms with Crippen molar-refractivity contribution < 1.29 is 47.9 Å². The van der Waals surface area contributed by atoms with E-state index in [4.69, 9.17) is 11.5 Å². The van der Waals surface area contributed by atoms with Crippen LogP contribution in [0.3, 0.4) is 0 Å². The molecule has 0 saturated carbocycles. The molecular weight excluding hydrogens is 122 g/mol. The molecule has 0 aromatic rings. The SMILES string of the molecule is NCC[O-].NCC[O-].[Li+].[Li+]. The number of hydrogen-bond acceptors (Lipinski definition) is 4.